The average molecular weight is 404 g/mol. The highest BCUT2D eigenvalue weighted by Gasteiger charge is 2.51. The number of nitrogens with zero attached hydrogens (tertiary/aromatic N) is 1. The van der Waals surface area contributed by atoms with E-state index in [2.05, 4.69) is 47.6 Å². The SMILES string of the molecule is Cc1ccc(-c2ccc3nc(NC(=O)[C@@H]4C5C=CC(C5)[C@@H]4C(=O)O)sc3c2)cc1. The second-order valence-corrected chi connectivity index (χ2v) is 8.93. The van der Waals surface area contributed by atoms with Crippen LogP contribution in [-0.2, 0) is 9.59 Å². The van der Waals surface area contributed by atoms with Gasteiger partial charge in [-0.1, -0.05) is 59.4 Å². The number of fused-ring (bicyclic) bond motifs is 3. The Labute approximate surface area is 172 Å². The zero-order valence-electron chi connectivity index (χ0n) is 15.8. The van der Waals surface area contributed by atoms with Gasteiger partial charge in [0.15, 0.2) is 5.13 Å². The van der Waals surface area contributed by atoms with Crippen LogP contribution in [-0.4, -0.2) is 22.0 Å². The van der Waals surface area contributed by atoms with Gasteiger partial charge in [-0.2, -0.15) is 0 Å². The molecule has 4 atom stereocenters. The summed E-state index contributed by atoms with van der Waals surface area (Å²) in [5.74, 6) is -2.35. The Morgan fingerprint density at radius 3 is 2.45 bits per heavy atom. The number of hydrogen-bond donors (Lipinski definition) is 2. The molecule has 1 fully saturated rings. The number of benzene rings is 2. The van der Waals surface area contributed by atoms with E-state index in [1.165, 1.54) is 16.9 Å². The summed E-state index contributed by atoms with van der Waals surface area (Å²) >= 11 is 1.42. The van der Waals surface area contributed by atoms with Crippen molar-refractivity contribution in [2.24, 2.45) is 23.7 Å². The van der Waals surface area contributed by atoms with Crippen molar-refractivity contribution in [3.05, 3.63) is 60.2 Å². The summed E-state index contributed by atoms with van der Waals surface area (Å²) in [5.41, 5.74) is 4.27. The number of anilines is 1. The molecular weight excluding hydrogens is 384 g/mol. The highest BCUT2D eigenvalue weighted by molar-refractivity contribution is 7.22. The molecule has 146 valence electrons. The van der Waals surface area contributed by atoms with E-state index in [9.17, 15) is 14.7 Å². The minimum absolute atomic E-state index is 0.00335. The molecule has 5 rings (SSSR count). The zero-order valence-corrected chi connectivity index (χ0v) is 16.6. The minimum atomic E-state index is -0.894. The number of carboxylic acids is 1. The number of aromatic nitrogens is 1. The third kappa shape index (κ3) is 3.13. The molecule has 0 saturated heterocycles. The number of hydrogen-bond acceptors (Lipinski definition) is 4. The van der Waals surface area contributed by atoms with E-state index < -0.39 is 17.8 Å². The summed E-state index contributed by atoms with van der Waals surface area (Å²) < 4.78 is 0.987. The molecule has 6 heteroatoms. The predicted molar refractivity (Wildman–Crippen MR) is 114 cm³/mol. The maximum absolute atomic E-state index is 12.9. The van der Waals surface area contributed by atoms with Crippen molar-refractivity contribution in [1.29, 1.82) is 0 Å². The molecule has 0 aliphatic heterocycles. The monoisotopic (exact) mass is 404 g/mol. The fraction of sp³-hybridized carbons (Fsp3) is 0.261. The van der Waals surface area contributed by atoms with E-state index in [-0.39, 0.29) is 17.7 Å². The van der Waals surface area contributed by atoms with E-state index in [0.717, 1.165) is 27.8 Å². The van der Waals surface area contributed by atoms with Crippen molar-refractivity contribution >= 4 is 38.6 Å². The molecule has 1 heterocycles. The number of nitrogens with one attached hydrogen (secondary N) is 1. The van der Waals surface area contributed by atoms with Gasteiger partial charge in [0.25, 0.3) is 0 Å². The molecule has 0 spiro atoms. The molecule has 2 N–H and O–H groups in total. The smallest absolute Gasteiger partial charge is 0.307 e. The molecule has 2 unspecified atom stereocenters. The van der Waals surface area contributed by atoms with Crippen molar-refractivity contribution in [3.8, 4) is 11.1 Å². The number of aryl methyl sites for hydroxylation is 1. The van der Waals surface area contributed by atoms with Crippen molar-refractivity contribution in [2.45, 2.75) is 13.3 Å². The number of carbonyl (C=O) groups is 2. The zero-order chi connectivity index (χ0) is 20.1. The van der Waals surface area contributed by atoms with Gasteiger partial charge in [0.05, 0.1) is 22.1 Å². The van der Waals surface area contributed by atoms with E-state index >= 15 is 0 Å². The second-order valence-electron chi connectivity index (χ2n) is 7.89. The summed E-state index contributed by atoms with van der Waals surface area (Å²) in [6, 6.07) is 14.4. The lowest BCUT2D eigenvalue weighted by Crippen LogP contribution is -2.36. The molecule has 1 aromatic heterocycles. The van der Waals surface area contributed by atoms with Crippen LogP contribution in [0.25, 0.3) is 21.3 Å². The largest absolute Gasteiger partial charge is 0.481 e. The van der Waals surface area contributed by atoms with E-state index in [1.807, 2.05) is 24.3 Å². The van der Waals surface area contributed by atoms with Gasteiger partial charge in [0, 0.05) is 0 Å². The molecular formula is C23H20N2O3S. The minimum Gasteiger partial charge on any atom is -0.481 e. The summed E-state index contributed by atoms with van der Waals surface area (Å²) in [5, 5.41) is 13.0. The summed E-state index contributed by atoms with van der Waals surface area (Å²) in [6.45, 7) is 2.06. The van der Waals surface area contributed by atoms with Crippen molar-refractivity contribution in [1.82, 2.24) is 4.98 Å². The van der Waals surface area contributed by atoms with Crippen molar-refractivity contribution < 1.29 is 14.7 Å². The fourth-order valence-corrected chi connectivity index (χ4v) is 5.52. The Bertz CT molecular complexity index is 1150. The van der Waals surface area contributed by atoms with Gasteiger partial charge in [-0.05, 0) is 48.4 Å². The van der Waals surface area contributed by atoms with Crippen molar-refractivity contribution in [3.63, 3.8) is 0 Å². The molecule has 1 saturated carbocycles. The summed E-state index contributed by atoms with van der Waals surface area (Å²) in [4.78, 5) is 29.1. The fourth-order valence-electron chi connectivity index (χ4n) is 4.61. The lowest BCUT2D eigenvalue weighted by atomic mass is 9.82. The molecule has 2 aliphatic rings. The maximum atomic E-state index is 12.9. The molecule has 0 radical (unpaired) electrons. The number of aliphatic carboxylic acids is 1. The van der Waals surface area contributed by atoms with Gasteiger partial charge in [0.1, 0.15) is 0 Å². The number of carboxylic acid groups (broad SMARTS) is 1. The first kappa shape index (κ1) is 18.1. The van der Waals surface area contributed by atoms with Crippen LogP contribution >= 0.6 is 11.3 Å². The lowest BCUT2D eigenvalue weighted by Gasteiger charge is -2.23. The Balaban J connectivity index is 1.39. The standard InChI is InChI=1S/C23H20N2O3S/c1-12-2-4-13(5-3-12)14-8-9-17-18(11-14)29-23(24-17)25-21(26)19-15-6-7-16(10-15)20(19)22(27)28/h2-9,11,15-16,19-20H,10H2,1H3,(H,27,28)(H,24,25,26)/t15?,16?,19-,20+/m1/s1. The predicted octanol–water partition coefficient (Wildman–Crippen LogP) is 4.73. The van der Waals surface area contributed by atoms with Gasteiger partial charge in [-0.15, -0.1) is 0 Å². The molecule has 2 bridgehead atoms. The summed E-state index contributed by atoms with van der Waals surface area (Å²) in [6.07, 6.45) is 4.67. The highest BCUT2D eigenvalue weighted by Crippen LogP contribution is 2.48. The van der Waals surface area contributed by atoms with Crippen LogP contribution in [0.5, 0.6) is 0 Å². The van der Waals surface area contributed by atoms with Gasteiger partial charge >= 0.3 is 5.97 Å². The third-order valence-electron chi connectivity index (χ3n) is 6.05. The Hall–Kier alpha value is -2.99. The molecule has 2 aromatic carbocycles. The van der Waals surface area contributed by atoms with Crippen LogP contribution in [0.15, 0.2) is 54.6 Å². The second kappa shape index (κ2) is 6.81. The average Bonchev–Trinajstić information content (AvgIpc) is 3.41. The number of thiazole rings is 1. The van der Waals surface area contributed by atoms with Gasteiger partial charge < -0.3 is 10.4 Å². The van der Waals surface area contributed by atoms with E-state index in [4.69, 9.17) is 0 Å². The van der Waals surface area contributed by atoms with Crippen LogP contribution in [0.1, 0.15) is 12.0 Å². The summed E-state index contributed by atoms with van der Waals surface area (Å²) in [7, 11) is 0. The first-order valence-electron chi connectivity index (χ1n) is 9.69. The third-order valence-corrected chi connectivity index (χ3v) is 6.98. The Kier molecular flexibility index (Phi) is 4.24. The highest BCUT2D eigenvalue weighted by atomic mass is 32.1. The number of carbonyl (C=O) groups excluding carboxylic acids is 1. The van der Waals surface area contributed by atoms with Crippen LogP contribution in [0, 0.1) is 30.6 Å². The van der Waals surface area contributed by atoms with Crippen LogP contribution < -0.4 is 5.32 Å². The van der Waals surface area contributed by atoms with Crippen molar-refractivity contribution in [2.75, 3.05) is 5.32 Å². The van der Waals surface area contributed by atoms with Crippen LogP contribution in [0.4, 0.5) is 5.13 Å². The molecule has 29 heavy (non-hydrogen) atoms. The number of allylic oxidation sites excluding steroid dienone is 2. The van der Waals surface area contributed by atoms with Crippen LogP contribution in [0.2, 0.25) is 0 Å². The first-order chi connectivity index (χ1) is 14.0. The normalized spacial score (nSPS) is 24.9. The quantitative estimate of drug-likeness (QED) is 0.616. The molecule has 5 nitrogen and oxygen atoms in total. The number of rotatable bonds is 4. The Morgan fingerprint density at radius 2 is 1.72 bits per heavy atom. The van der Waals surface area contributed by atoms with Gasteiger partial charge in [-0.3, -0.25) is 9.59 Å². The van der Waals surface area contributed by atoms with Gasteiger partial charge in [0.2, 0.25) is 5.91 Å². The first-order valence-corrected chi connectivity index (χ1v) is 10.5. The van der Waals surface area contributed by atoms with Crippen LogP contribution in [0.3, 0.4) is 0 Å². The molecule has 1 amide bonds. The maximum Gasteiger partial charge on any atom is 0.307 e. The van der Waals surface area contributed by atoms with Gasteiger partial charge in [-0.25, -0.2) is 4.98 Å². The number of amides is 1. The molecule has 2 aliphatic carbocycles. The molecule has 3 aromatic rings. The Morgan fingerprint density at radius 1 is 1.03 bits per heavy atom. The van der Waals surface area contributed by atoms with E-state index in [1.54, 1.807) is 0 Å². The topological polar surface area (TPSA) is 79.3 Å². The van der Waals surface area contributed by atoms with E-state index in [0.29, 0.717) is 5.13 Å². The lowest BCUT2D eigenvalue weighted by molar-refractivity contribution is -0.146.